The van der Waals surface area contributed by atoms with Crippen molar-refractivity contribution in [2.75, 3.05) is 32.1 Å². The lowest BCUT2D eigenvalue weighted by Crippen LogP contribution is -2.54. The summed E-state index contributed by atoms with van der Waals surface area (Å²) in [6.07, 6.45) is 6.12. The third-order valence-corrected chi connectivity index (χ3v) is 8.55. The number of primary amides is 1. The molecule has 0 spiro atoms. The van der Waals surface area contributed by atoms with Crippen molar-refractivity contribution in [2.24, 2.45) is 11.1 Å². The van der Waals surface area contributed by atoms with Crippen LogP contribution in [0.25, 0.3) is 0 Å². The molecular formula is C29H40N4O3. The maximum atomic E-state index is 13.5. The number of benzene rings is 2. The Morgan fingerprint density at radius 3 is 2.11 bits per heavy atom. The van der Waals surface area contributed by atoms with Gasteiger partial charge in [0.2, 0.25) is 0 Å². The number of nitrogens with zero attached hydrogens (tertiary/aromatic N) is 2. The summed E-state index contributed by atoms with van der Waals surface area (Å²) in [7, 11) is 4.29. The highest BCUT2D eigenvalue weighted by molar-refractivity contribution is 6.03. The van der Waals surface area contributed by atoms with Crippen LogP contribution in [0.15, 0.2) is 54.6 Å². The highest BCUT2D eigenvalue weighted by Gasteiger charge is 2.44. The van der Waals surface area contributed by atoms with E-state index >= 15 is 0 Å². The number of carbonyl (C=O) groups is 2. The summed E-state index contributed by atoms with van der Waals surface area (Å²) in [5.41, 5.74) is 6.80. The first kappa shape index (κ1) is 26.2. The second-order valence-electron chi connectivity index (χ2n) is 11.3. The van der Waals surface area contributed by atoms with E-state index in [9.17, 15) is 14.7 Å². The van der Waals surface area contributed by atoms with E-state index in [0.29, 0.717) is 30.6 Å². The van der Waals surface area contributed by atoms with E-state index in [0.717, 1.165) is 32.1 Å². The molecule has 4 N–H and O–H groups in total. The normalized spacial score (nSPS) is 25.1. The lowest BCUT2D eigenvalue weighted by Gasteiger charge is -2.50. The minimum Gasteiger partial charge on any atom is -0.388 e. The molecule has 2 saturated carbocycles. The van der Waals surface area contributed by atoms with Crippen molar-refractivity contribution in [3.8, 4) is 0 Å². The molecule has 4 rings (SSSR count). The van der Waals surface area contributed by atoms with Crippen LogP contribution < -0.4 is 16.0 Å². The van der Waals surface area contributed by atoms with Gasteiger partial charge in [0.25, 0.3) is 5.91 Å². The van der Waals surface area contributed by atoms with Crippen molar-refractivity contribution in [3.63, 3.8) is 0 Å². The topological polar surface area (TPSA) is 98.9 Å². The highest BCUT2D eigenvalue weighted by atomic mass is 16.3. The number of nitrogens with one attached hydrogen (secondary N) is 1. The molecule has 7 nitrogen and oxygen atoms in total. The number of urea groups is 1. The summed E-state index contributed by atoms with van der Waals surface area (Å²) in [6.45, 7) is 2.89. The summed E-state index contributed by atoms with van der Waals surface area (Å²) in [6, 6.07) is 17.3. The zero-order valence-electron chi connectivity index (χ0n) is 21.8. The Labute approximate surface area is 214 Å². The summed E-state index contributed by atoms with van der Waals surface area (Å²) in [5, 5.41) is 13.5. The van der Waals surface area contributed by atoms with Gasteiger partial charge in [-0.2, -0.15) is 0 Å². The van der Waals surface area contributed by atoms with Crippen molar-refractivity contribution in [3.05, 3.63) is 65.7 Å². The number of carbonyl (C=O) groups excluding carboxylic acids is 2. The number of para-hydroxylation sites is 1. The lowest BCUT2D eigenvalue weighted by molar-refractivity contribution is -0.0289. The molecule has 7 heteroatoms. The summed E-state index contributed by atoms with van der Waals surface area (Å²) in [5.74, 6) is -0.564. The van der Waals surface area contributed by atoms with Gasteiger partial charge in [0.05, 0.1) is 16.9 Å². The fraction of sp³-hybridized carbons (Fsp3) is 0.517. The van der Waals surface area contributed by atoms with Gasteiger partial charge in [-0.15, -0.1) is 0 Å². The second kappa shape index (κ2) is 10.2. The first-order valence-corrected chi connectivity index (χ1v) is 13.0. The van der Waals surface area contributed by atoms with Gasteiger partial charge in [-0.05, 0) is 82.2 Å². The Bertz CT molecular complexity index is 1070. The van der Waals surface area contributed by atoms with Gasteiger partial charge in [-0.3, -0.25) is 14.6 Å². The maximum Gasteiger partial charge on any atom is 0.322 e. The Hall–Kier alpha value is -2.90. The molecule has 0 atom stereocenters. The third kappa shape index (κ3) is 5.27. The predicted octanol–water partition coefficient (Wildman–Crippen LogP) is 4.25. The molecule has 36 heavy (non-hydrogen) atoms. The predicted molar refractivity (Wildman–Crippen MR) is 143 cm³/mol. The van der Waals surface area contributed by atoms with Crippen molar-refractivity contribution >= 4 is 17.6 Å². The van der Waals surface area contributed by atoms with Crippen LogP contribution in [0.4, 0.5) is 10.5 Å². The quantitative estimate of drug-likeness (QED) is 0.513. The molecule has 3 amide bonds. The Kier molecular flexibility index (Phi) is 7.43. The molecule has 0 aliphatic heterocycles. The molecule has 2 aliphatic carbocycles. The van der Waals surface area contributed by atoms with Crippen LogP contribution in [0.2, 0.25) is 0 Å². The number of hydrogen-bond acceptors (Lipinski definition) is 4. The van der Waals surface area contributed by atoms with Gasteiger partial charge in [0, 0.05) is 18.6 Å². The van der Waals surface area contributed by atoms with Crippen molar-refractivity contribution in [1.29, 1.82) is 0 Å². The van der Waals surface area contributed by atoms with Crippen molar-refractivity contribution < 1.29 is 14.7 Å². The molecule has 0 radical (unpaired) electrons. The van der Waals surface area contributed by atoms with Crippen LogP contribution in [0.1, 0.15) is 67.8 Å². The van der Waals surface area contributed by atoms with Crippen LogP contribution in [0.5, 0.6) is 0 Å². The Morgan fingerprint density at radius 1 is 0.944 bits per heavy atom. The highest BCUT2D eigenvalue weighted by Crippen LogP contribution is 2.48. The minimum absolute atomic E-state index is 0.0491. The van der Waals surface area contributed by atoms with Crippen LogP contribution in [0.3, 0.4) is 0 Å². The smallest absolute Gasteiger partial charge is 0.322 e. The lowest BCUT2D eigenvalue weighted by atomic mass is 9.65. The van der Waals surface area contributed by atoms with E-state index in [1.807, 2.05) is 12.1 Å². The number of rotatable bonds is 8. The molecule has 0 unspecified atom stereocenters. The van der Waals surface area contributed by atoms with Crippen molar-refractivity contribution in [1.82, 2.24) is 10.2 Å². The van der Waals surface area contributed by atoms with Gasteiger partial charge in [0.15, 0.2) is 0 Å². The molecule has 2 aromatic carbocycles. The van der Waals surface area contributed by atoms with E-state index in [1.165, 1.54) is 5.56 Å². The zero-order chi connectivity index (χ0) is 26.0. The van der Waals surface area contributed by atoms with E-state index in [-0.39, 0.29) is 23.5 Å². The van der Waals surface area contributed by atoms with E-state index < -0.39 is 11.5 Å². The summed E-state index contributed by atoms with van der Waals surface area (Å²) < 4.78 is 0. The van der Waals surface area contributed by atoms with Gasteiger partial charge >= 0.3 is 6.03 Å². The number of aliphatic hydroxyl groups is 1. The van der Waals surface area contributed by atoms with Crippen molar-refractivity contribution in [2.45, 2.75) is 63.0 Å². The van der Waals surface area contributed by atoms with Gasteiger partial charge < -0.3 is 16.2 Å². The minimum atomic E-state index is -0.833. The average molecular weight is 493 g/mol. The fourth-order valence-corrected chi connectivity index (χ4v) is 5.83. The van der Waals surface area contributed by atoms with Crippen LogP contribution in [-0.4, -0.2) is 54.7 Å². The van der Waals surface area contributed by atoms with E-state index in [2.05, 4.69) is 55.5 Å². The number of hydrogen-bond donors (Lipinski definition) is 3. The largest absolute Gasteiger partial charge is 0.388 e. The molecule has 194 valence electrons. The van der Waals surface area contributed by atoms with Crippen LogP contribution >= 0.6 is 0 Å². The Morgan fingerprint density at radius 2 is 1.56 bits per heavy atom. The molecule has 0 heterocycles. The van der Waals surface area contributed by atoms with Crippen LogP contribution in [-0.2, 0) is 5.54 Å². The third-order valence-electron chi connectivity index (χ3n) is 8.55. The fourth-order valence-electron chi connectivity index (χ4n) is 5.83. The van der Waals surface area contributed by atoms with Gasteiger partial charge in [0.1, 0.15) is 0 Å². The van der Waals surface area contributed by atoms with E-state index in [1.54, 1.807) is 23.1 Å². The maximum absolute atomic E-state index is 13.5. The SMILES string of the molecule is CN(C)C1(c2ccccc2)CCC(C)(CN(C(=O)NCC2(O)CCC2)c2ccccc2C(N)=O)CC1. The van der Waals surface area contributed by atoms with E-state index in [4.69, 9.17) is 5.73 Å². The number of anilines is 1. The Balaban J connectivity index is 1.58. The zero-order valence-corrected chi connectivity index (χ0v) is 21.8. The molecule has 2 aliphatic rings. The molecule has 0 bridgehead atoms. The standard InChI is InChI=1S/C29H40N4O3/c1-27(16-18-29(19-17-27,32(2)3)22-10-5-4-6-11-22)21-33(24-13-8-7-12-23(24)25(30)34)26(35)31-20-28(36)14-9-15-28/h4-8,10-13,36H,9,14-21H2,1-3H3,(H2,30,34)(H,31,35). The average Bonchev–Trinajstić information content (AvgIpc) is 2.85. The van der Waals surface area contributed by atoms with Gasteiger partial charge in [-0.1, -0.05) is 49.4 Å². The first-order chi connectivity index (χ1) is 17.1. The second-order valence-corrected chi connectivity index (χ2v) is 11.3. The molecule has 2 aromatic rings. The summed E-state index contributed by atoms with van der Waals surface area (Å²) in [4.78, 5) is 29.7. The molecular weight excluding hydrogens is 452 g/mol. The number of nitrogens with two attached hydrogens (primary N) is 1. The number of amides is 3. The summed E-state index contributed by atoms with van der Waals surface area (Å²) >= 11 is 0. The van der Waals surface area contributed by atoms with Crippen LogP contribution in [0, 0.1) is 5.41 Å². The first-order valence-electron chi connectivity index (χ1n) is 13.0. The molecule has 0 aromatic heterocycles. The monoisotopic (exact) mass is 492 g/mol. The van der Waals surface area contributed by atoms with Gasteiger partial charge in [-0.25, -0.2) is 4.79 Å². The molecule has 0 saturated heterocycles. The molecule has 2 fully saturated rings.